The third kappa shape index (κ3) is 42.4. The third-order valence-electron chi connectivity index (χ3n) is 10.1. The van der Waals surface area contributed by atoms with Gasteiger partial charge in [0.1, 0.15) is 6.29 Å². The smallest absolute Gasteiger partial charge is 0.333 e. The number of hydrogen-bond donors (Lipinski definition) is 2. The standard InChI is InChI=1S/C48H93NO5Si/c1-5-7-9-11-13-15-17-19-21-23-25-27-29-31-34-38-46-52-48(40-36-32-30-28-26-24-22-20-18-16-14-12-10-8-6-2)54-55(3,4)53-47-39-35-33-37-41-49(42-44-50)43-45-51/h8,10,14,16,19-22,48,50-51H,5-7,9,11-13,15,17-18,23-47H2,1-4H3/b10-8-,16-14-,21-19-,22-20-. The van der Waals surface area contributed by atoms with Gasteiger partial charge >= 0.3 is 8.56 Å². The van der Waals surface area contributed by atoms with Gasteiger partial charge in [0.15, 0.2) is 0 Å². The van der Waals surface area contributed by atoms with Gasteiger partial charge in [-0.25, -0.2) is 0 Å². The molecule has 0 aliphatic heterocycles. The quantitative estimate of drug-likeness (QED) is 0.0277. The molecule has 0 aliphatic carbocycles. The van der Waals surface area contributed by atoms with Gasteiger partial charge in [-0.15, -0.1) is 0 Å². The van der Waals surface area contributed by atoms with E-state index in [1.165, 1.54) is 116 Å². The lowest BCUT2D eigenvalue weighted by atomic mass is 10.1. The summed E-state index contributed by atoms with van der Waals surface area (Å²) in [5.41, 5.74) is 0. The molecule has 55 heavy (non-hydrogen) atoms. The number of nitrogens with zero attached hydrogens (tertiary/aromatic N) is 1. The monoisotopic (exact) mass is 792 g/mol. The van der Waals surface area contributed by atoms with E-state index in [-0.39, 0.29) is 19.5 Å². The summed E-state index contributed by atoms with van der Waals surface area (Å²) in [7, 11) is -2.31. The molecule has 0 bridgehead atoms. The Labute approximate surface area is 343 Å². The molecule has 0 amide bonds. The second kappa shape index (κ2) is 44.0. The van der Waals surface area contributed by atoms with Crippen LogP contribution in [0.3, 0.4) is 0 Å². The minimum absolute atomic E-state index is 0.143. The van der Waals surface area contributed by atoms with E-state index in [4.69, 9.17) is 13.6 Å². The van der Waals surface area contributed by atoms with Crippen LogP contribution in [0.2, 0.25) is 13.1 Å². The van der Waals surface area contributed by atoms with E-state index in [1.807, 2.05) is 0 Å². The fraction of sp³-hybridized carbons (Fsp3) is 0.833. The van der Waals surface area contributed by atoms with Crippen LogP contribution in [0.4, 0.5) is 0 Å². The number of ether oxygens (including phenoxy) is 1. The number of hydrogen-bond acceptors (Lipinski definition) is 6. The van der Waals surface area contributed by atoms with Gasteiger partial charge in [-0.2, -0.15) is 0 Å². The van der Waals surface area contributed by atoms with E-state index in [2.05, 4.69) is 80.4 Å². The summed E-state index contributed by atoms with van der Waals surface area (Å²) in [5, 5.41) is 18.4. The summed E-state index contributed by atoms with van der Waals surface area (Å²) in [6.45, 7) is 12.8. The topological polar surface area (TPSA) is 71.4 Å². The first-order valence-electron chi connectivity index (χ1n) is 23.5. The molecule has 0 fully saturated rings. The van der Waals surface area contributed by atoms with Gasteiger partial charge < -0.3 is 23.8 Å². The molecule has 0 aliphatic rings. The van der Waals surface area contributed by atoms with E-state index >= 15 is 0 Å². The molecule has 7 heteroatoms. The highest BCUT2D eigenvalue weighted by Gasteiger charge is 2.29. The molecule has 6 nitrogen and oxygen atoms in total. The molecule has 324 valence electrons. The van der Waals surface area contributed by atoms with Crippen LogP contribution in [-0.4, -0.2) is 76.0 Å². The molecule has 0 saturated heterocycles. The lowest BCUT2D eigenvalue weighted by Crippen LogP contribution is -2.40. The van der Waals surface area contributed by atoms with Crippen LogP contribution in [0.5, 0.6) is 0 Å². The van der Waals surface area contributed by atoms with Crippen LogP contribution < -0.4 is 0 Å². The van der Waals surface area contributed by atoms with Crippen molar-refractivity contribution in [2.75, 3.05) is 46.1 Å². The Morgan fingerprint density at radius 1 is 0.491 bits per heavy atom. The fourth-order valence-corrected chi connectivity index (χ4v) is 8.27. The Kier molecular flexibility index (Phi) is 43.2. The van der Waals surface area contributed by atoms with Crippen molar-refractivity contribution in [3.8, 4) is 0 Å². The van der Waals surface area contributed by atoms with Gasteiger partial charge in [-0.1, -0.05) is 152 Å². The zero-order valence-corrected chi connectivity index (χ0v) is 38.0. The third-order valence-corrected chi connectivity index (χ3v) is 11.8. The van der Waals surface area contributed by atoms with Crippen LogP contribution in [0.1, 0.15) is 194 Å². The number of aliphatic hydroxyl groups excluding tert-OH is 2. The van der Waals surface area contributed by atoms with Crippen molar-refractivity contribution in [2.24, 2.45) is 0 Å². The van der Waals surface area contributed by atoms with E-state index in [1.54, 1.807) is 0 Å². The summed E-state index contributed by atoms with van der Waals surface area (Å²) in [6.07, 6.45) is 52.6. The SMILES string of the molecule is CC/C=C\C/C=C\C/C=C\CCCCCCCC(OCCCCCCCC/C=C\CCCCCCCC)O[Si](C)(C)OCCCCCCN(CCO)CCO. The molecule has 0 aromatic carbocycles. The molecule has 2 N–H and O–H groups in total. The van der Waals surface area contributed by atoms with Crippen LogP contribution >= 0.6 is 0 Å². The maximum absolute atomic E-state index is 9.22. The zero-order chi connectivity index (χ0) is 40.2. The van der Waals surface area contributed by atoms with E-state index in [0.717, 1.165) is 84.0 Å². The average Bonchev–Trinajstić information content (AvgIpc) is 3.17. The second-order valence-corrected chi connectivity index (χ2v) is 19.3. The Hall–Kier alpha value is -1.06. The molecule has 0 saturated carbocycles. The summed E-state index contributed by atoms with van der Waals surface area (Å²) in [4.78, 5) is 2.13. The maximum atomic E-state index is 9.22. The highest BCUT2D eigenvalue weighted by molar-refractivity contribution is 6.64. The van der Waals surface area contributed by atoms with Crippen LogP contribution in [0.15, 0.2) is 48.6 Å². The molecule has 0 aromatic heterocycles. The molecular formula is C48H93NO5Si. The molecule has 0 rings (SSSR count). The predicted molar refractivity (Wildman–Crippen MR) is 242 cm³/mol. The van der Waals surface area contributed by atoms with E-state index < -0.39 is 8.56 Å². The predicted octanol–water partition coefficient (Wildman–Crippen LogP) is 13.5. The van der Waals surface area contributed by atoms with Crippen molar-refractivity contribution >= 4 is 8.56 Å². The zero-order valence-electron chi connectivity index (χ0n) is 37.0. The average molecular weight is 792 g/mol. The number of aliphatic hydroxyl groups is 2. The van der Waals surface area contributed by atoms with Gasteiger partial charge in [0.05, 0.1) is 13.2 Å². The van der Waals surface area contributed by atoms with Crippen LogP contribution in [0, 0.1) is 0 Å². The molecule has 0 heterocycles. The first-order chi connectivity index (χ1) is 27.0. The van der Waals surface area contributed by atoms with Gasteiger partial charge in [-0.3, -0.25) is 4.90 Å². The Morgan fingerprint density at radius 2 is 0.945 bits per heavy atom. The van der Waals surface area contributed by atoms with E-state index in [9.17, 15) is 10.2 Å². The molecule has 0 aromatic rings. The first kappa shape index (κ1) is 53.9. The van der Waals surface area contributed by atoms with Crippen molar-refractivity contribution in [1.29, 1.82) is 0 Å². The summed E-state index contributed by atoms with van der Waals surface area (Å²) < 4.78 is 19.4. The van der Waals surface area contributed by atoms with Crippen molar-refractivity contribution in [3.05, 3.63) is 48.6 Å². The molecular weight excluding hydrogens is 699 g/mol. The normalized spacial score (nSPS) is 13.3. The van der Waals surface area contributed by atoms with Crippen LogP contribution in [0.25, 0.3) is 0 Å². The highest BCUT2D eigenvalue weighted by atomic mass is 28.4. The van der Waals surface area contributed by atoms with Gasteiger partial charge in [0.25, 0.3) is 0 Å². The van der Waals surface area contributed by atoms with Crippen molar-refractivity contribution in [3.63, 3.8) is 0 Å². The van der Waals surface area contributed by atoms with Crippen molar-refractivity contribution < 1.29 is 23.8 Å². The van der Waals surface area contributed by atoms with Crippen molar-refractivity contribution in [2.45, 2.75) is 213 Å². The number of allylic oxidation sites excluding steroid dienone is 8. The second-order valence-electron chi connectivity index (χ2n) is 15.9. The van der Waals surface area contributed by atoms with Gasteiger partial charge in [0.2, 0.25) is 0 Å². The first-order valence-corrected chi connectivity index (χ1v) is 26.3. The lowest BCUT2D eigenvalue weighted by molar-refractivity contribution is -0.104. The summed E-state index contributed by atoms with van der Waals surface area (Å²) in [5.74, 6) is 0. The molecule has 0 spiro atoms. The van der Waals surface area contributed by atoms with Gasteiger partial charge in [0, 0.05) is 26.3 Å². The largest absolute Gasteiger partial charge is 0.395 e. The lowest BCUT2D eigenvalue weighted by Gasteiger charge is -2.29. The molecule has 0 radical (unpaired) electrons. The summed E-state index contributed by atoms with van der Waals surface area (Å²) in [6, 6.07) is 0. The van der Waals surface area contributed by atoms with E-state index in [0.29, 0.717) is 13.1 Å². The van der Waals surface area contributed by atoms with Crippen LogP contribution in [-0.2, 0) is 13.6 Å². The minimum atomic E-state index is -2.31. The Morgan fingerprint density at radius 3 is 1.51 bits per heavy atom. The number of rotatable bonds is 44. The fourth-order valence-electron chi connectivity index (χ4n) is 6.75. The van der Waals surface area contributed by atoms with Crippen molar-refractivity contribution in [1.82, 2.24) is 4.90 Å². The maximum Gasteiger partial charge on any atom is 0.333 e. The molecule has 1 atom stereocenters. The highest BCUT2D eigenvalue weighted by Crippen LogP contribution is 2.19. The minimum Gasteiger partial charge on any atom is -0.395 e. The number of unbranched alkanes of at least 4 members (excludes halogenated alkanes) is 20. The molecule has 1 unspecified atom stereocenters. The summed E-state index contributed by atoms with van der Waals surface area (Å²) >= 11 is 0. The Balaban J connectivity index is 4.38. The van der Waals surface area contributed by atoms with Gasteiger partial charge in [-0.05, 0) is 110 Å². The Bertz CT molecular complexity index is 870.